The summed E-state index contributed by atoms with van der Waals surface area (Å²) in [6.45, 7) is 1.54. The lowest BCUT2D eigenvalue weighted by Gasteiger charge is -2.08. The van der Waals surface area contributed by atoms with Crippen molar-refractivity contribution in [3.8, 4) is 5.75 Å². The van der Waals surface area contributed by atoms with Crippen LogP contribution < -0.4 is 4.74 Å². The first-order valence-corrected chi connectivity index (χ1v) is 5.35. The van der Waals surface area contributed by atoms with Crippen LogP contribution in [0.5, 0.6) is 5.75 Å². The van der Waals surface area contributed by atoms with E-state index in [4.69, 9.17) is 4.74 Å². The molecule has 18 heavy (non-hydrogen) atoms. The van der Waals surface area contributed by atoms with E-state index < -0.39 is 5.82 Å². The summed E-state index contributed by atoms with van der Waals surface area (Å²) in [5.41, 5.74) is 0.955. The van der Waals surface area contributed by atoms with Crippen molar-refractivity contribution in [1.82, 2.24) is 15.0 Å². The first-order valence-electron chi connectivity index (χ1n) is 5.35. The minimum Gasteiger partial charge on any atom is -0.486 e. The lowest BCUT2D eigenvalue weighted by molar-refractivity contribution is 0.101. The summed E-state index contributed by atoms with van der Waals surface area (Å²) in [7, 11) is 1.74. The van der Waals surface area contributed by atoms with Crippen LogP contribution in [0.4, 0.5) is 4.39 Å². The molecule has 94 valence electrons. The van der Waals surface area contributed by atoms with E-state index in [1.165, 1.54) is 29.8 Å². The van der Waals surface area contributed by atoms with Gasteiger partial charge < -0.3 is 4.74 Å². The van der Waals surface area contributed by atoms with Gasteiger partial charge >= 0.3 is 0 Å². The molecule has 0 spiro atoms. The number of hydrogen-bond acceptors (Lipinski definition) is 4. The number of aromatic nitrogens is 3. The van der Waals surface area contributed by atoms with Gasteiger partial charge in [0, 0.05) is 13.1 Å². The lowest BCUT2D eigenvalue weighted by Crippen LogP contribution is -2.02. The van der Waals surface area contributed by atoms with Crippen molar-refractivity contribution in [2.24, 2.45) is 7.05 Å². The summed E-state index contributed by atoms with van der Waals surface area (Å²) in [6, 6.07) is 3.82. The highest BCUT2D eigenvalue weighted by Gasteiger charge is 2.10. The summed E-state index contributed by atoms with van der Waals surface area (Å²) in [4.78, 5) is 11.4. The highest BCUT2D eigenvalue weighted by molar-refractivity contribution is 5.96. The highest BCUT2D eigenvalue weighted by atomic mass is 19.1. The van der Waals surface area contributed by atoms with Crippen LogP contribution >= 0.6 is 0 Å². The van der Waals surface area contributed by atoms with Crippen molar-refractivity contribution in [3.63, 3.8) is 0 Å². The molecule has 0 fully saturated rings. The molecule has 1 aromatic carbocycles. The number of ketones is 1. The van der Waals surface area contributed by atoms with Gasteiger partial charge in [0.15, 0.2) is 5.78 Å². The van der Waals surface area contributed by atoms with Crippen LogP contribution in [0.3, 0.4) is 0 Å². The summed E-state index contributed by atoms with van der Waals surface area (Å²) < 4.78 is 20.1. The zero-order chi connectivity index (χ0) is 13.1. The average molecular weight is 249 g/mol. The maximum atomic E-state index is 13.1. The van der Waals surface area contributed by atoms with Crippen molar-refractivity contribution in [2.45, 2.75) is 13.5 Å². The first kappa shape index (κ1) is 12.2. The van der Waals surface area contributed by atoms with Gasteiger partial charge in [-0.1, -0.05) is 5.21 Å². The largest absolute Gasteiger partial charge is 0.486 e. The number of benzene rings is 1. The van der Waals surface area contributed by atoms with Crippen molar-refractivity contribution in [3.05, 3.63) is 41.5 Å². The Morgan fingerprint density at radius 2 is 2.28 bits per heavy atom. The van der Waals surface area contributed by atoms with Gasteiger partial charge in [-0.25, -0.2) is 4.39 Å². The molecule has 1 heterocycles. The smallest absolute Gasteiger partial charge is 0.163 e. The van der Waals surface area contributed by atoms with Crippen LogP contribution in [0.25, 0.3) is 0 Å². The molecule has 0 aliphatic carbocycles. The quantitative estimate of drug-likeness (QED) is 0.774. The zero-order valence-corrected chi connectivity index (χ0v) is 10.1. The average Bonchev–Trinajstić information content (AvgIpc) is 2.72. The number of nitrogens with zero attached hydrogens (tertiary/aromatic N) is 3. The normalized spacial score (nSPS) is 10.4. The Morgan fingerprint density at radius 1 is 1.50 bits per heavy atom. The fraction of sp³-hybridized carbons (Fsp3) is 0.250. The molecule has 6 heteroatoms. The molecule has 0 radical (unpaired) electrons. The van der Waals surface area contributed by atoms with E-state index in [2.05, 4.69) is 10.3 Å². The molecular weight excluding hydrogens is 237 g/mol. The summed E-state index contributed by atoms with van der Waals surface area (Å²) in [6.07, 6.45) is 1.69. The Hall–Kier alpha value is -2.24. The fourth-order valence-corrected chi connectivity index (χ4v) is 1.52. The first-order chi connectivity index (χ1) is 8.56. The van der Waals surface area contributed by atoms with Crippen LogP contribution in [0, 0.1) is 5.82 Å². The number of carbonyl (C=O) groups excluding carboxylic acids is 1. The topological polar surface area (TPSA) is 57.0 Å². The molecule has 0 amide bonds. The van der Waals surface area contributed by atoms with Crippen molar-refractivity contribution in [1.29, 1.82) is 0 Å². The molecular formula is C12H12FN3O2. The van der Waals surface area contributed by atoms with Gasteiger partial charge in [0.1, 0.15) is 23.9 Å². The molecule has 0 aliphatic heterocycles. The van der Waals surface area contributed by atoms with Gasteiger partial charge in [-0.3, -0.25) is 9.48 Å². The molecule has 5 nitrogen and oxygen atoms in total. The van der Waals surface area contributed by atoms with Crippen molar-refractivity contribution in [2.75, 3.05) is 0 Å². The Labute approximate surface area is 103 Å². The standard InChI is InChI=1S/C12H12FN3O2/c1-8(17)11-4-3-9(13)5-12(11)18-7-10-6-16(2)15-14-10/h3-6H,7H2,1-2H3. The van der Waals surface area contributed by atoms with Crippen LogP contribution in [0.15, 0.2) is 24.4 Å². The zero-order valence-electron chi connectivity index (χ0n) is 10.1. The number of halogens is 1. The summed E-state index contributed by atoms with van der Waals surface area (Å²) >= 11 is 0. The van der Waals surface area contributed by atoms with Crippen LogP contribution in [-0.4, -0.2) is 20.8 Å². The number of aryl methyl sites for hydroxylation is 1. The molecule has 0 atom stereocenters. The Balaban J connectivity index is 2.17. The van der Waals surface area contributed by atoms with E-state index in [-0.39, 0.29) is 18.1 Å². The summed E-state index contributed by atoms with van der Waals surface area (Å²) in [5, 5.41) is 7.59. The highest BCUT2D eigenvalue weighted by Crippen LogP contribution is 2.21. The molecule has 0 unspecified atom stereocenters. The minimum absolute atomic E-state index is 0.136. The third kappa shape index (κ3) is 2.71. The second-order valence-corrected chi connectivity index (χ2v) is 3.87. The van der Waals surface area contributed by atoms with Gasteiger partial charge in [-0.2, -0.15) is 0 Å². The SMILES string of the molecule is CC(=O)c1ccc(F)cc1OCc1cn(C)nn1. The predicted octanol–water partition coefficient (Wildman–Crippen LogP) is 1.74. The molecule has 0 saturated heterocycles. The Kier molecular flexibility index (Phi) is 3.36. The molecule has 0 N–H and O–H groups in total. The van der Waals surface area contributed by atoms with E-state index in [1.54, 1.807) is 13.2 Å². The fourth-order valence-electron chi connectivity index (χ4n) is 1.52. The van der Waals surface area contributed by atoms with Gasteiger partial charge in [0.2, 0.25) is 0 Å². The number of ether oxygens (including phenoxy) is 1. The molecule has 0 bridgehead atoms. The van der Waals surface area contributed by atoms with E-state index in [9.17, 15) is 9.18 Å². The van der Waals surface area contributed by atoms with Gasteiger partial charge in [0.25, 0.3) is 0 Å². The molecule has 0 aliphatic rings. The van der Waals surface area contributed by atoms with Crippen LogP contribution in [0.1, 0.15) is 23.0 Å². The molecule has 1 aromatic heterocycles. The van der Waals surface area contributed by atoms with Crippen LogP contribution in [0.2, 0.25) is 0 Å². The third-order valence-corrected chi connectivity index (χ3v) is 2.35. The van der Waals surface area contributed by atoms with E-state index in [0.717, 1.165) is 0 Å². The van der Waals surface area contributed by atoms with Gasteiger partial charge in [-0.15, -0.1) is 5.10 Å². The Bertz CT molecular complexity index is 580. The molecule has 2 rings (SSSR count). The van der Waals surface area contributed by atoms with E-state index in [0.29, 0.717) is 11.3 Å². The predicted molar refractivity (Wildman–Crippen MR) is 61.7 cm³/mol. The van der Waals surface area contributed by atoms with Crippen molar-refractivity contribution >= 4 is 5.78 Å². The number of hydrogen-bond donors (Lipinski definition) is 0. The molecule has 0 saturated carbocycles. The second-order valence-electron chi connectivity index (χ2n) is 3.87. The van der Waals surface area contributed by atoms with Gasteiger partial charge in [0.05, 0.1) is 11.8 Å². The number of carbonyl (C=O) groups is 1. The Morgan fingerprint density at radius 3 is 2.89 bits per heavy atom. The third-order valence-electron chi connectivity index (χ3n) is 2.35. The number of Topliss-reactive ketones (excluding diaryl/α,β-unsaturated/α-hetero) is 1. The van der Waals surface area contributed by atoms with E-state index >= 15 is 0 Å². The molecule has 2 aromatic rings. The van der Waals surface area contributed by atoms with E-state index in [1.807, 2.05) is 0 Å². The minimum atomic E-state index is -0.450. The maximum absolute atomic E-state index is 13.1. The maximum Gasteiger partial charge on any atom is 0.163 e. The summed E-state index contributed by atoms with van der Waals surface area (Å²) in [5.74, 6) is -0.411. The van der Waals surface area contributed by atoms with Gasteiger partial charge in [-0.05, 0) is 19.1 Å². The van der Waals surface area contributed by atoms with Crippen LogP contribution in [-0.2, 0) is 13.7 Å². The monoisotopic (exact) mass is 249 g/mol. The second kappa shape index (κ2) is 4.95. The lowest BCUT2D eigenvalue weighted by atomic mass is 10.1. The number of rotatable bonds is 4. The van der Waals surface area contributed by atoms with Crippen molar-refractivity contribution < 1.29 is 13.9 Å².